The second-order valence-corrected chi connectivity index (χ2v) is 8.39. The molecule has 2 aromatic rings. The van der Waals surface area contributed by atoms with Crippen LogP contribution in [0.2, 0.25) is 0 Å². The summed E-state index contributed by atoms with van der Waals surface area (Å²) in [5, 5.41) is 0. The number of piperidine rings is 1. The van der Waals surface area contributed by atoms with E-state index < -0.39 is 10.0 Å². The van der Waals surface area contributed by atoms with Crippen molar-refractivity contribution in [3.63, 3.8) is 0 Å². The van der Waals surface area contributed by atoms with Crippen LogP contribution in [0, 0.1) is 0 Å². The molecular weight excluding hydrogens is 322 g/mol. The summed E-state index contributed by atoms with van der Waals surface area (Å²) in [5.74, 6) is 1.18. The van der Waals surface area contributed by atoms with Crippen LogP contribution >= 0.6 is 0 Å². The van der Waals surface area contributed by atoms with E-state index >= 15 is 0 Å². The topological polar surface area (TPSA) is 55.2 Å². The number of hydrogen-bond acceptors (Lipinski definition) is 3. The Hall–Kier alpha value is -1.66. The summed E-state index contributed by atoms with van der Waals surface area (Å²) in [5.41, 5.74) is 2.13. The molecule has 0 amide bonds. The van der Waals surface area contributed by atoms with Crippen molar-refractivity contribution in [2.24, 2.45) is 0 Å². The van der Waals surface area contributed by atoms with E-state index in [1.807, 2.05) is 18.2 Å². The van der Waals surface area contributed by atoms with Crippen molar-refractivity contribution in [2.45, 2.75) is 38.6 Å². The van der Waals surface area contributed by atoms with E-state index in [0.717, 1.165) is 42.7 Å². The standard InChI is InChI=1S/C18H25N3O2S/c1-3-11-21-17-10-6-5-9-16(17)19-18(21)15-8-7-12-20(14-15)24(22,23)13-4-2/h4-6,9-10,15H,2-3,7-8,11-14H2,1H3. The van der Waals surface area contributed by atoms with Crippen LogP contribution in [-0.2, 0) is 16.6 Å². The fourth-order valence-corrected chi connectivity index (χ4v) is 4.85. The van der Waals surface area contributed by atoms with Crippen LogP contribution in [0.5, 0.6) is 0 Å². The zero-order chi connectivity index (χ0) is 17.2. The second kappa shape index (κ2) is 7.07. The van der Waals surface area contributed by atoms with Gasteiger partial charge in [0, 0.05) is 25.6 Å². The van der Waals surface area contributed by atoms with Crippen LogP contribution in [0.15, 0.2) is 36.9 Å². The molecule has 1 fully saturated rings. The van der Waals surface area contributed by atoms with Crippen LogP contribution < -0.4 is 0 Å². The molecule has 1 aliphatic heterocycles. The van der Waals surface area contributed by atoms with Gasteiger partial charge in [-0.25, -0.2) is 17.7 Å². The predicted molar refractivity (Wildman–Crippen MR) is 97.6 cm³/mol. The Morgan fingerprint density at radius 1 is 1.38 bits per heavy atom. The van der Waals surface area contributed by atoms with E-state index in [0.29, 0.717) is 13.1 Å². The lowest BCUT2D eigenvalue weighted by Gasteiger charge is -2.31. The van der Waals surface area contributed by atoms with Crippen molar-refractivity contribution in [1.82, 2.24) is 13.9 Å². The van der Waals surface area contributed by atoms with Crippen molar-refractivity contribution < 1.29 is 8.42 Å². The SMILES string of the molecule is C=CCS(=O)(=O)N1CCCC(c2nc3ccccc3n2CCC)C1. The molecule has 1 aromatic carbocycles. The van der Waals surface area contributed by atoms with Gasteiger partial charge in [0.15, 0.2) is 0 Å². The van der Waals surface area contributed by atoms with Crippen molar-refractivity contribution in [3.8, 4) is 0 Å². The molecule has 1 saturated heterocycles. The fraction of sp³-hybridized carbons (Fsp3) is 0.500. The summed E-state index contributed by atoms with van der Waals surface area (Å²) < 4.78 is 28.6. The molecule has 0 saturated carbocycles. The van der Waals surface area contributed by atoms with Gasteiger partial charge in [-0.2, -0.15) is 0 Å². The van der Waals surface area contributed by atoms with Crippen molar-refractivity contribution in [3.05, 3.63) is 42.7 Å². The minimum Gasteiger partial charge on any atom is -0.328 e. The Labute approximate surface area is 144 Å². The summed E-state index contributed by atoms with van der Waals surface area (Å²) in [4.78, 5) is 4.84. The number of fused-ring (bicyclic) bond motifs is 1. The number of nitrogens with zero attached hydrogens (tertiary/aromatic N) is 3. The smallest absolute Gasteiger partial charge is 0.217 e. The second-order valence-electron chi connectivity index (χ2n) is 6.37. The van der Waals surface area contributed by atoms with Gasteiger partial charge in [0.05, 0.1) is 16.8 Å². The first-order valence-electron chi connectivity index (χ1n) is 8.60. The first-order valence-corrected chi connectivity index (χ1v) is 10.2. The largest absolute Gasteiger partial charge is 0.328 e. The minimum atomic E-state index is -3.25. The lowest BCUT2D eigenvalue weighted by Crippen LogP contribution is -2.40. The Bertz CT molecular complexity index is 826. The molecule has 0 bridgehead atoms. The van der Waals surface area contributed by atoms with Crippen LogP contribution in [-0.4, -0.2) is 41.1 Å². The van der Waals surface area contributed by atoms with Gasteiger partial charge in [0.25, 0.3) is 0 Å². The first-order chi connectivity index (χ1) is 11.6. The average molecular weight is 347 g/mol. The van der Waals surface area contributed by atoms with Crippen LogP contribution in [0.4, 0.5) is 0 Å². The third-order valence-electron chi connectivity index (χ3n) is 4.60. The van der Waals surface area contributed by atoms with E-state index in [2.05, 4.69) is 24.1 Å². The van der Waals surface area contributed by atoms with Gasteiger partial charge >= 0.3 is 0 Å². The molecule has 0 spiro atoms. The molecule has 6 heteroatoms. The number of aryl methyl sites for hydroxylation is 1. The molecule has 1 unspecified atom stereocenters. The number of aromatic nitrogens is 2. The predicted octanol–water partition coefficient (Wildman–Crippen LogP) is 3.14. The van der Waals surface area contributed by atoms with E-state index in [1.54, 1.807) is 4.31 Å². The number of imidazole rings is 1. The summed E-state index contributed by atoms with van der Waals surface area (Å²) in [7, 11) is -3.25. The molecular formula is C18H25N3O2S. The van der Waals surface area contributed by atoms with Gasteiger partial charge in [0.2, 0.25) is 10.0 Å². The van der Waals surface area contributed by atoms with Crippen LogP contribution in [0.1, 0.15) is 37.9 Å². The lowest BCUT2D eigenvalue weighted by atomic mass is 9.99. The fourth-order valence-electron chi connectivity index (χ4n) is 3.52. The minimum absolute atomic E-state index is 0.00506. The summed E-state index contributed by atoms with van der Waals surface area (Å²) in [6, 6.07) is 8.15. The van der Waals surface area contributed by atoms with Gasteiger partial charge in [-0.1, -0.05) is 25.1 Å². The van der Waals surface area contributed by atoms with Gasteiger partial charge in [-0.05, 0) is 31.4 Å². The highest BCUT2D eigenvalue weighted by molar-refractivity contribution is 7.89. The Kier molecular flexibility index (Phi) is 5.06. The molecule has 0 radical (unpaired) electrons. The third kappa shape index (κ3) is 3.26. The Morgan fingerprint density at radius 3 is 2.92 bits per heavy atom. The molecule has 5 nitrogen and oxygen atoms in total. The third-order valence-corrected chi connectivity index (χ3v) is 6.38. The molecule has 0 aliphatic carbocycles. The number of para-hydroxylation sites is 2. The molecule has 24 heavy (non-hydrogen) atoms. The number of hydrogen-bond donors (Lipinski definition) is 0. The molecule has 1 atom stereocenters. The summed E-state index contributed by atoms with van der Waals surface area (Å²) in [6.45, 7) is 7.74. The maximum atomic E-state index is 12.4. The highest BCUT2D eigenvalue weighted by Crippen LogP contribution is 2.30. The zero-order valence-electron chi connectivity index (χ0n) is 14.2. The molecule has 2 heterocycles. The highest BCUT2D eigenvalue weighted by atomic mass is 32.2. The van der Waals surface area contributed by atoms with E-state index in [4.69, 9.17) is 4.98 Å². The van der Waals surface area contributed by atoms with Gasteiger partial charge in [-0.3, -0.25) is 0 Å². The van der Waals surface area contributed by atoms with E-state index in [-0.39, 0.29) is 11.7 Å². The monoisotopic (exact) mass is 347 g/mol. The molecule has 1 aliphatic rings. The Balaban J connectivity index is 1.95. The van der Waals surface area contributed by atoms with E-state index in [9.17, 15) is 8.42 Å². The average Bonchev–Trinajstić information content (AvgIpc) is 2.94. The van der Waals surface area contributed by atoms with Crippen LogP contribution in [0.25, 0.3) is 11.0 Å². The maximum Gasteiger partial charge on any atom is 0.217 e. The first kappa shape index (κ1) is 17.2. The normalized spacial score (nSPS) is 19.6. The summed E-state index contributed by atoms with van der Waals surface area (Å²) >= 11 is 0. The molecule has 1 aromatic heterocycles. The van der Waals surface area contributed by atoms with Crippen molar-refractivity contribution >= 4 is 21.1 Å². The summed E-state index contributed by atoms with van der Waals surface area (Å²) in [6.07, 6.45) is 4.34. The van der Waals surface area contributed by atoms with Gasteiger partial charge in [0.1, 0.15) is 5.82 Å². The lowest BCUT2D eigenvalue weighted by molar-refractivity contribution is 0.306. The molecule has 0 N–H and O–H groups in total. The highest BCUT2D eigenvalue weighted by Gasteiger charge is 2.31. The van der Waals surface area contributed by atoms with Crippen molar-refractivity contribution in [1.29, 1.82) is 0 Å². The van der Waals surface area contributed by atoms with E-state index in [1.165, 1.54) is 6.08 Å². The van der Waals surface area contributed by atoms with Crippen LogP contribution in [0.3, 0.4) is 0 Å². The van der Waals surface area contributed by atoms with Crippen molar-refractivity contribution in [2.75, 3.05) is 18.8 Å². The maximum absolute atomic E-state index is 12.4. The number of benzene rings is 1. The van der Waals surface area contributed by atoms with Gasteiger partial charge < -0.3 is 4.57 Å². The van der Waals surface area contributed by atoms with Gasteiger partial charge in [-0.15, -0.1) is 6.58 Å². The number of sulfonamides is 1. The Morgan fingerprint density at radius 2 is 2.17 bits per heavy atom. The molecule has 130 valence electrons. The zero-order valence-corrected chi connectivity index (χ0v) is 15.0. The molecule has 3 rings (SSSR count). The number of rotatable bonds is 6. The quantitative estimate of drug-likeness (QED) is 0.754.